The monoisotopic (exact) mass is 358 g/mol. The van der Waals surface area contributed by atoms with Gasteiger partial charge in [0.25, 0.3) is 5.91 Å². The van der Waals surface area contributed by atoms with Gasteiger partial charge in [0.2, 0.25) is 0 Å². The van der Waals surface area contributed by atoms with Crippen molar-refractivity contribution in [2.24, 2.45) is 0 Å². The summed E-state index contributed by atoms with van der Waals surface area (Å²) in [6.07, 6.45) is -5.14. The Morgan fingerprint density at radius 1 is 1.20 bits per heavy atom. The molecule has 0 aromatic heterocycles. The number of carboxylic acid groups (broad SMARTS) is 1. The second-order valence-corrected chi connectivity index (χ2v) is 5.33. The van der Waals surface area contributed by atoms with Gasteiger partial charge in [0.05, 0.1) is 11.6 Å². The zero-order valence-electron chi connectivity index (χ0n) is 13.1. The molecular formula is C16H17F3N2O4. The first-order chi connectivity index (χ1) is 11.7. The second-order valence-electron chi connectivity index (χ2n) is 5.33. The van der Waals surface area contributed by atoms with E-state index in [1.54, 1.807) is 0 Å². The van der Waals surface area contributed by atoms with Gasteiger partial charge in [0.1, 0.15) is 6.04 Å². The molecule has 1 aromatic carbocycles. The lowest BCUT2D eigenvalue weighted by atomic mass is 10.0. The molecule has 3 N–H and O–H groups in total. The van der Waals surface area contributed by atoms with Gasteiger partial charge in [-0.25, -0.2) is 4.79 Å². The van der Waals surface area contributed by atoms with Gasteiger partial charge < -0.3 is 15.5 Å². The highest BCUT2D eigenvalue weighted by Crippen LogP contribution is 2.30. The topological polar surface area (TPSA) is 110 Å². The molecule has 0 saturated heterocycles. The lowest BCUT2D eigenvalue weighted by molar-refractivity contribution is -0.143. The Morgan fingerprint density at radius 2 is 1.80 bits per heavy atom. The first-order valence-electron chi connectivity index (χ1n) is 7.42. The summed E-state index contributed by atoms with van der Waals surface area (Å²) in [6, 6.07) is 4.01. The molecule has 6 nitrogen and oxygen atoms in total. The number of nitrogens with zero attached hydrogens (tertiary/aromatic N) is 1. The van der Waals surface area contributed by atoms with Crippen molar-refractivity contribution in [2.45, 2.75) is 44.0 Å². The maximum absolute atomic E-state index is 12.5. The van der Waals surface area contributed by atoms with Crippen LogP contribution in [0, 0.1) is 11.3 Å². The summed E-state index contributed by atoms with van der Waals surface area (Å²) in [5.41, 5.74) is -1.01. The number of aliphatic hydroxyl groups is 1. The van der Waals surface area contributed by atoms with Gasteiger partial charge in [-0.1, -0.05) is 12.1 Å². The largest absolute Gasteiger partial charge is 0.480 e. The second kappa shape index (κ2) is 9.03. The Balaban J connectivity index is 2.70. The van der Waals surface area contributed by atoms with Crippen molar-refractivity contribution < 1.29 is 33.0 Å². The molecule has 1 amide bonds. The quantitative estimate of drug-likeness (QED) is 0.618. The summed E-state index contributed by atoms with van der Waals surface area (Å²) in [7, 11) is 0. The lowest BCUT2D eigenvalue weighted by Gasteiger charge is -2.17. The van der Waals surface area contributed by atoms with Crippen LogP contribution >= 0.6 is 0 Å². The minimum Gasteiger partial charge on any atom is -0.480 e. The minimum atomic E-state index is -4.54. The summed E-state index contributed by atoms with van der Waals surface area (Å²) in [5, 5.41) is 29.5. The third-order valence-corrected chi connectivity index (χ3v) is 3.45. The fourth-order valence-electron chi connectivity index (χ4n) is 2.07. The van der Waals surface area contributed by atoms with Crippen LogP contribution < -0.4 is 5.32 Å². The van der Waals surface area contributed by atoms with Gasteiger partial charge >= 0.3 is 12.1 Å². The van der Waals surface area contributed by atoms with E-state index in [0.29, 0.717) is 12.8 Å². The van der Waals surface area contributed by atoms with E-state index in [1.165, 1.54) is 0 Å². The van der Waals surface area contributed by atoms with E-state index >= 15 is 0 Å². The Hall–Kier alpha value is -2.60. The number of benzene rings is 1. The van der Waals surface area contributed by atoms with Crippen LogP contribution in [0.15, 0.2) is 24.3 Å². The number of aliphatic carboxylic acids is 1. The summed E-state index contributed by atoms with van der Waals surface area (Å²) >= 11 is 0. The standard InChI is InChI=1S/C16H17F3N2O4/c17-16(18,19)11-7-5-10(6-8-11)13(22)14(23)21-12(15(24)25)4-2-1-3-9-20/h5-8,12-13,22H,1-4H2,(H,21,23)(H,24,25)/t12-,13+/m1/s1. The third kappa shape index (κ3) is 6.43. The molecule has 2 atom stereocenters. The SMILES string of the molecule is N#CCCCC[C@@H](NC(=O)[C@@H](O)c1ccc(C(F)(F)F)cc1)C(=O)O. The van der Waals surface area contributed by atoms with E-state index in [1.807, 2.05) is 6.07 Å². The van der Waals surface area contributed by atoms with Crippen LogP contribution in [-0.2, 0) is 15.8 Å². The predicted molar refractivity (Wildman–Crippen MR) is 80.1 cm³/mol. The smallest absolute Gasteiger partial charge is 0.416 e. The highest BCUT2D eigenvalue weighted by molar-refractivity contribution is 5.86. The number of aliphatic hydroxyl groups excluding tert-OH is 1. The van der Waals surface area contributed by atoms with Crippen LogP contribution in [0.1, 0.15) is 42.9 Å². The van der Waals surface area contributed by atoms with E-state index in [2.05, 4.69) is 5.32 Å². The molecule has 1 rings (SSSR count). The molecular weight excluding hydrogens is 341 g/mol. The first kappa shape index (κ1) is 20.4. The molecule has 0 bridgehead atoms. The molecule has 0 saturated carbocycles. The van der Waals surface area contributed by atoms with E-state index in [4.69, 9.17) is 10.4 Å². The Morgan fingerprint density at radius 3 is 2.28 bits per heavy atom. The lowest BCUT2D eigenvalue weighted by Crippen LogP contribution is -2.43. The number of rotatable bonds is 8. The van der Waals surface area contributed by atoms with E-state index in [-0.39, 0.29) is 18.4 Å². The number of carbonyl (C=O) groups is 2. The van der Waals surface area contributed by atoms with Crippen LogP contribution in [0.4, 0.5) is 13.2 Å². The van der Waals surface area contributed by atoms with Crippen molar-refractivity contribution in [3.63, 3.8) is 0 Å². The number of amides is 1. The number of nitriles is 1. The van der Waals surface area contributed by atoms with Gasteiger partial charge in [-0.3, -0.25) is 4.79 Å². The molecule has 25 heavy (non-hydrogen) atoms. The number of carboxylic acids is 1. The fraction of sp³-hybridized carbons (Fsp3) is 0.438. The minimum absolute atomic E-state index is 0.0719. The fourth-order valence-corrected chi connectivity index (χ4v) is 2.07. The third-order valence-electron chi connectivity index (χ3n) is 3.45. The van der Waals surface area contributed by atoms with Gasteiger partial charge in [0.15, 0.2) is 6.10 Å². The molecule has 1 aromatic rings. The van der Waals surface area contributed by atoms with E-state index < -0.39 is 35.8 Å². The van der Waals surface area contributed by atoms with Crippen molar-refractivity contribution in [3.05, 3.63) is 35.4 Å². The Labute approximate surface area is 141 Å². The Bertz CT molecular complexity index is 638. The summed E-state index contributed by atoms with van der Waals surface area (Å²) in [6.45, 7) is 0. The number of unbranched alkanes of at least 4 members (excludes halogenated alkanes) is 2. The number of halogens is 3. The predicted octanol–water partition coefficient (Wildman–Crippen LogP) is 2.39. The van der Waals surface area contributed by atoms with Crippen molar-refractivity contribution in [1.29, 1.82) is 5.26 Å². The van der Waals surface area contributed by atoms with Crippen LogP contribution in [-0.4, -0.2) is 28.1 Å². The summed E-state index contributed by atoms with van der Waals surface area (Å²) in [4.78, 5) is 23.1. The molecule has 0 aliphatic carbocycles. The molecule has 9 heteroatoms. The van der Waals surface area contributed by atoms with Gasteiger partial charge in [-0.15, -0.1) is 0 Å². The van der Waals surface area contributed by atoms with Crippen molar-refractivity contribution in [2.75, 3.05) is 0 Å². The van der Waals surface area contributed by atoms with Crippen molar-refractivity contribution in [1.82, 2.24) is 5.32 Å². The zero-order chi connectivity index (χ0) is 19.0. The normalized spacial score (nSPS) is 13.6. The average Bonchev–Trinajstić information content (AvgIpc) is 2.55. The summed E-state index contributed by atoms with van der Waals surface area (Å²) in [5.74, 6) is -2.32. The highest BCUT2D eigenvalue weighted by atomic mass is 19.4. The number of hydrogen-bond donors (Lipinski definition) is 3. The van der Waals surface area contributed by atoms with E-state index in [9.17, 15) is 27.9 Å². The number of hydrogen-bond acceptors (Lipinski definition) is 4. The Kier molecular flexibility index (Phi) is 7.39. The number of nitrogens with one attached hydrogen (secondary N) is 1. The molecule has 0 fully saturated rings. The molecule has 0 aliphatic heterocycles. The highest BCUT2D eigenvalue weighted by Gasteiger charge is 2.31. The van der Waals surface area contributed by atoms with Gasteiger partial charge in [0, 0.05) is 6.42 Å². The van der Waals surface area contributed by atoms with E-state index in [0.717, 1.165) is 24.3 Å². The average molecular weight is 358 g/mol. The maximum atomic E-state index is 12.5. The van der Waals surface area contributed by atoms with Gasteiger partial charge in [-0.2, -0.15) is 18.4 Å². The van der Waals surface area contributed by atoms with Crippen molar-refractivity contribution in [3.8, 4) is 6.07 Å². The molecule has 0 spiro atoms. The zero-order valence-corrected chi connectivity index (χ0v) is 13.1. The molecule has 0 unspecified atom stereocenters. The molecule has 0 aliphatic rings. The van der Waals surface area contributed by atoms with Crippen LogP contribution in [0.5, 0.6) is 0 Å². The maximum Gasteiger partial charge on any atom is 0.416 e. The van der Waals surface area contributed by atoms with Crippen LogP contribution in [0.3, 0.4) is 0 Å². The number of alkyl halides is 3. The molecule has 0 heterocycles. The van der Waals surface area contributed by atoms with Crippen LogP contribution in [0.25, 0.3) is 0 Å². The van der Waals surface area contributed by atoms with Gasteiger partial charge in [-0.05, 0) is 37.0 Å². The number of carbonyl (C=O) groups excluding carboxylic acids is 1. The first-order valence-corrected chi connectivity index (χ1v) is 7.42. The molecule has 0 radical (unpaired) electrons. The van der Waals surface area contributed by atoms with Crippen molar-refractivity contribution >= 4 is 11.9 Å². The van der Waals surface area contributed by atoms with Crippen LogP contribution in [0.2, 0.25) is 0 Å². The molecule has 136 valence electrons. The summed E-state index contributed by atoms with van der Waals surface area (Å²) < 4.78 is 37.5.